The molecule has 0 N–H and O–H groups in total. The van der Waals surface area contributed by atoms with Gasteiger partial charge in [0.15, 0.2) is 11.6 Å². The van der Waals surface area contributed by atoms with E-state index in [4.69, 9.17) is 0 Å². The molecule has 6 heteroatoms. The van der Waals surface area contributed by atoms with Crippen molar-refractivity contribution in [1.29, 1.82) is 0 Å². The zero-order valence-electron chi connectivity index (χ0n) is 15.3. The van der Waals surface area contributed by atoms with Crippen molar-refractivity contribution < 1.29 is 8.78 Å². The van der Waals surface area contributed by atoms with Crippen LogP contribution in [0.1, 0.15) is 30.7 Å². The van der Waals surface area contributed by atoms with Crippen molar-refractivity contribution in [2.75, 3.05) is 26.2 Å². The van der Waals surface area contributed by atoms with Crippen molar-refractivity contribution in [3.63, 3.8) is 0 Å². The summed E-state index contributed by atoms with van der Waals surface area (Å²) in [6, 6.07) is 4.26. The lowest BCUT2D eigenvalue weighted by Gasteiger charge is -2.40. The largest absolute Gasteiger partial charge is 0.337 e. The molecule has 1 spiro atoms. The number of nitrogens with zero attached hydrogens (tertiary/aromatic N) is 4. The van der Waals surface area contributed by atoms with E-state index >= 15 is 0 Å². The first-order valence-electron chi connectivity index (χ1n) is 9.38. The Kier molecular flexibility index (Phi) is 4.80. The summed E-state index contributed by atoms with van der Waals surface area (Å²) in [5.74, 6) is -0.419. The number of aryl methyl sites for hydroxylation is 1. The molecule has 2 aromatic rings. The topological polar surface area (TPSA) is 24.3 Å². The molecule has 3 heterocycles. The average molecular weight is 360 g/mol. The zero-order valence-corrected chi connectivity index (χ0v) is 15.3. The highest BCUT2D eigenvalue weighted by Crippen LogP contribution is 2.39. The maximum Gasteiger partial charge on any atom is 0.159 e. The zero-order chi connectivity index (χ0) is 18.1. The molecule has 2 saturated heterocycles. The lowest BCUT2D eigenvalue weighted by atomic mass is 9.79. The van der Waals surface area contributed by atoms with E-state index in [1.54, 1.807) is 6.07 Å². The molecule has 4 nitrogen and oxygen atoms in total. The SMILES string of the molecule is Cn1ccnc1CN1CC[C@@]2(CCCN(Cc3ccc(F)c(F)c3)C2)C1. The molecule has 0 aliphatic carbocycles. The summed E-state index contributed by atoms with van der Waals surface area (Å²) < 4.78 is 28.7. The van der Waals surface area contributed by atoms with Gasteiger partial charge < -0.3 is 4.57 Å². The van der Waals surface area contributed by atoms with E-state index in [2.05, 4.69) is 19.4 Å². The summed E-state index contributed by atoms with van der Waals surface area (Å²) in [7, 11) is 2.04. The van der Waals surface area contributed by atoms with E-state index in [1.165, 1.54) is 31.4 Å². The minimum absolute atomic E-state index is 0.321. The summed E-state index contributed by atoms with van der Waals surface area (Å²) in [6.45, 7) is 5.84. The second-order valence-corrected chi connectivity index (χ2v) is 7.98. The fourth-order valence-corrected chi connectivity index (χ4v) is 4.59. The molecule has 0 bridgehead atoms. The third-order valence-corrected chi connectivity index (χ3v) is 5.93. The maximum atomic E-state index is 13.5. The van der Waals surface area contributed by atoms with E-state index in [1.807, 2.05) is 19.4 Å². The number of hydrogen-bond donors (Lipinski definition) is 0. The Hall–Kier alpha value is -1.79. The van der Waals surface area contributed by atoms with Crippen molar-refractivity contribution in [2.45, 2.75) is 32.4 Å². The second-order valence-electron chi connectivity index (χ2n) is 7.98. The first kappa shape index (κ1) is 17.6. The van der Waals surface area contributed by atoms with E-state index in [0.717, 1.165) is 44.1 Å². The minimum Gasteiger partial charge on any atom is -0.337 e. The standard InChI is InChI=1S/C20H26F2N4/c1-24-10-7-23-19(24)13-26-9-6-20(15-26)5-2-8-25(14-20)12-16-3-4-17(21)18(22)11-16/h3-4,7,10-11H,2,5-6,8-9,12-15H2,1H3/t20-/m1/s1. The van der Waals surface area contributed by atoms with E-state index in [9.17, 15) is 8.78 Å². The van der Waals surface area contributed by atoms with Crippen LogP contribution in [0.3, 0.4) is 0 Å². The number of rotatable bonds is 4. The molecule has 2 aliphatic heterocycles. The summed E-state index contributed by atoms with van der Waals surface area (Å²) in [4.78, 5) is 9.35. The number of imidazole rings is 1. The lowest BCUT2D eigenvalue weighted by molar-refractivity contribution is 0.0861. The van der Waals surface area contributed by atoms with Crippen molar-refractivity contribution in [3.05, 3.63) is 53.6 Å². The molecule has 1 aromatic carbocycles. The molecule has 2 aliphatic rings. The molecule has 0 radical (unpaired) electrons. The molecule has 1 aromatic heterocycles. The summed E-state index contributed by atoms with van der Waals surface area (Å²) in [5, 5.41) is 0. The van der Waals surface area contributed by atoms with Gasteiger partial charge in [0.1, 0.15) is 5.82 Å². The highest BCUT2D eigenvalue weighted by Gasteiger charge is 2.41. The van der Waals surface area contributed by atoms with Crippen molar-refractivity contribution in [3.8, 4) is 0 Å². The van der Waals surface area contributed by atoms with Crippen LogP contribution in [0.15, 0.2) is 30.6 Å². The third-order valence-electron chi connectivity index (χ3n) is 5.93. The highest BCUT2D eigenvalue weighted by molar-refractivity contribution is 5.18. The Labute approximate surface area is 153 Å². The Morgan fingerprint density at radius 3 is 2.58 bits per heavy atom. The van der Waals surface area contributed by atoms with E-state index in [0.29, 0.717) is 12.0 Å². The van der Waals surface area contributed by atoms with E-state index in [-0.39, 0.29) is 0 Å². The highest BCUT2D eigenvalue weighted by atomic mass is 19.2. The normalized spacial score (nSPS) is 24.6. The van der Waals surface area contributed by atoms with Gasteiger partial charge in [0.25, 0.3) is 0 Å². The number of likely N-dealkylation sites (tertiary alicyclic amines) is 2. The fraction of sp³-hybridized carbons (Fsp3) is 0.550. The van der Waals surface area contributed by atoms with Crippen molar-refractivity contribution >= 4 is 0 Å². The van der Waals surface area contributed by atoms with Gasteiger partial charge in [-0.3, -0.25) is 9.80 Å². The van der Waals surface area contributed by atoms with Crippen LogP contribution in [0.5, 0.6) is 0 Å². The molecule has 26 heavy (non-hydrogen) atoms. The predicted molar refractivity (Wildman–Crippen MR) is 96.4 cm³/mol. The van der Waals surface area contributed by atoms with Crippen LogP contribution in [0.25, 0.3) is 0 Å². The average Bonchev–Trinajstić information content (AvgIpc) is 3.18. The first-order valence-corrected chi connectivity index (χ1v) is 9.38. The van der Waals surface area contributed by atoms with Crippen molar-refractivity contribution in [2.24, 2.45) is 12.5 Å². The number of halogens is 2. The molecular weight excluding hydrogens is 334 g/mol. The first-order chi connectivity index (χ1) is 12.5. The van der Waals surface area contributed by atoms with Crippen LogP contribution in [0.4, 0.5) is 8.78 Å². The quantitative estimate of drug-likeness (QED) is 0.837. The Bertz CT molecular complexity index is 775. The van der Waals surface area contributed by atoms with Crippen LogP contribution in [0, 0.1) is 17.0 Å². The summed E-state index contributed by atoms with van der Waals surface area (Å²) in [6.07, 6.45) is 7.46. The number of hydrogen-bond acceptors (Lipinski definition) is 3. The van der Waals surface area contributed by atoms with Gasteiger partial charge in [-0.1, -0.05) is 6.07 Å². The summed E-state index contributed by atoms with van der Waals surface area (Å²) in [5.41, 5.74) is 1.17. The third kappa shape index (κ3) is 3.67. The van der Waals surface area contributed by atoms with Gasteiger partial charge in [0.05, 0.1) is 6.54 Å². The number of piperidine rings is 1. The predicted octanol–water partition coefficient (Wildman–Crippen LogP) is 3.19. The van der Waals surface area contributed by atoms with Gasteiger partial charge in [-0.25, -0.2) is 13.8 Å². The number of aromatic nitrogens is 2. The summed E-state index contributed by atoms with van der Waals surface area (Å²) >= 11 is 0. The minimum atomic E-state index is -0.774. The Balaban J connectivity index is 1.38. The molecule has 2 fully saturated rings. The molecule has 0 saturated carbocycles. The van der Waals surface area contributed by atoms with Gasteiger partial charge in [-0.15, -0.1) is 0 Å². The van der Waals surface area contributed by atoms with Gasteiger partial charge >= 0.3 is 0 Å². The van der Waals surface area contributed by atoms with Crippen LogP contribution < -0.4 is 0 Å². The molecule has 140 valence electrons. The van der Waals surface area contributed by atoms with Gasteiger partial charge in [-0.05, 0) is 55.5 Å². The maximum absolute atomic E-state index is 13.5. The molecule has 0 unspecified atom stereocenters. The van der Waals surface area contributed by atoms with Gasteiger partial charge in [-0.2, -0.15) is 0 Å². The van der Waals surface area contributed by atoms with Crippen LogP contribution >= 0.6 is 0 Å². The van der Waals surface area contributed by atoms with Crippen LogP contribution in [-0.4, -0.2) is 45.5 Å². The van der Waals surface area contributed by atoms with Crippen LogP contribution in [0.2, 0.25) is 0 Å². The lowest BCUT2D eigenvalue weighted by Crippen LogP contribution is -2.44. The molecule has 1 atom stereocenters. The second kappa shape index (κ2) is 7.08. The number of benzene rings is 1. The molecule has 4 rings (SSSR count). The van der Waals surface area contributed by atoms with E-state index < -0.39 is 11.6 Å². The Morgan fingerprint density at radius 2 is 1.85 bits per heavy atom. The van der Waals surface area contributed by atoms with Crippen LogP contribution in [-0.2, 0) is 20.1 Å². The smallest absolute Gasteiger partial charge is 0.159 e. The fourth-order valence-electron chi connectivity index (χ4n) is 4.59. The molecular formula is C20H26F2N4. The molecule has 0 amide bonds. The van der Waals surface area contributed by atoms with Crippen molar-refractivity contribution in [1.82, 2.24) is 19.4 Å². The van der Waals surface area contributed by atoms with Gasteiger partial charge in [0.2, 0.25) is 0 Å². The Morgan fingerprint density at radius 1 is 1.04 bits per heavy atom. The van der Waals surface area contributed by atoms with Gasteiger partial charge in [0, 0.05) is 39.1 Å². The monoisotopic (exact) mass is 360 g/mol.